The maximum atomic E-state index is 14.4. The molecule has 2 aromatic carbocycles. The van der Waals surface area contributed by atoms with E-state index in [1.807, 2.05) is 0 Å². The standard InChI is InChI=1S/C18H15Cl2FN2O6S2/c19-12-2-4-15(13(20)6-12)31(28,29)23-8-17(18(25,9-23)10-24)30(26,27)16-3-1-11(7-22)5-14(16)21/h1-6,17,24-25H,8-10H2/t17-,18+/m0/s1. The smallest absolute Gasteiger partial charge is 0.244 e. The monoisotopic (exact) mass is 508 g/mol. The largest absolute Gasteiger partial charge is 0.393 e. The van der Waals surface area contributed by atoms with Gasteiger partial charge in [-0.05, 0) is 36.4 Å². The lowest BCUT2D eigenvalue weighted by Gasteiger charge is -2.26. The summed E-state index contributed by atoms with van der Waals surface area (Å²) in [5.41, 5.74) is -2.53. The summed E-state index contributed by atoms with van der Waals surface area (Å²) in [7, 11) is -9.05. The SMILES string of the molecule is N#Cc1ccc(S(=O)(=O)[C@H]2CN(S(=O)(=O)c3ccc(Cl)cc3Cl)C[C@@]2(O)CO)c(F)c1. The molecule has 166 valence electrons. The molecule has 1 fully saturated rings. The van der Waals surface area contributed by atoms with Gasteiger partial charge in [0.1, 0.15) is 26.5 Å². The predicted molar refractivity (Wildman–Crippen MR) is 109 cm³/mol. The van der Waals surface area contributed by atoms with Crippen molar-refractivity contribution in [2.75, 3.05) is 19.7 Å². The van der Waals surface area contributed by atoms with E-state index >= 15 is 0 Å². The molecule has 8 nitrogen and oxygen atoms in total. The number of halogens is 3. The minimum Gasteiger partial charge on any atom is -0.393 e. The quantitative estimate of drug-likeness (QED) is 0.625. The van der Waals surface area contributed by atoms with Gasteiger partial charge >= 0.3 is 0 Å². The summed E-state index contributed by atoms with van der Waals surface area (Å²) in [6.45, 7) is -2.64. The molecule has 0 unspecified atom stereocenters. The molecule has 0 radical (unpaired) electrons. The lowest BCUT2D eigenvalue weighted by atomic mass is 10.1. The van der Waals surface area contributed by atoms with Gasteiger partial charge in [0, 0.05) is 18.1 Å². The van der Waals surface area contributed by atoms with Crippen molar-refractivity contribution in [3.05, 3.63) is 57.8 Å². The highest BCUT2D eigenvalue weighted by Gasteiger charge is 2.55. The van der Waals surface area contributed by atoms with E-state index in [-0.39, 0.29) is 20.5 Å². The third-order valence-corrected chi connectivity index (χ3v) is 9.76. The Labute approximate surface area is 188 Å². The number of hydrogen-bond acceptors (Lipinski definition) is 7. The Kier molecular flexibility index (Phi) is 6.38. The van der Waals surface area contributed by atoms with Gasteiger partial charge in [-0.15, -0.1) is 0 Å². The first-order valence-corrected chi connectivity index (χ1v) is 12.3. The van der Waals surface area contributed by atoms with Crippen LogP contribution in [0.25, 0.3) is 0 Å². The summed E-state index contributed by atoms with van der Waals surface area (Å²) >= 11 is 11.8. The Hall–Kier alpha value is -1.78. The van der Waals surface area contributed by atoms with Crippen LogP contribution >= 0.6 is 23.2 Å². The highest BCUT2D eigenvalue weighted by atomic mass is 35.5. The van der Waals surface area contributed by atoms with E-state index in [4.69, 9.17) is 28.5 Å². The van der Waals surface area contributed by atoms with Crippen molar-refractivity contribution in [2.24, 2.45) is 0 Å². The Morgan fingerprint density at radius 3 is 2.35 bits per heavy atom. The average molecular weight is 509 g/mol. The first kappa shape index (κ1) is 23.9. The zero-order valence-electron chi connectivity index (χ0n) is 15.5. The van der Waals surface area contributed by atoms with Crippen LogP contribution in [0.15, 0.2) is 46.2 Å². The number of nitriles is 1. The maximum absolute atomic E-state index is 14.4. The van der Waals surface area contributed by atoms with Gasteiger partial charge in [0.25, 0.3) is 0 Å². The molecule has 1 saturated heterocycles. The zero-order chi connectivity index (χ0) is 23.2. The van der Waals surface area contributed by atoms with Crippen LogP contribution in [-0.2, 0) is 19.9 Å². The van der Waals surface area contributed by atoms with Gasteiger partial charge in [-0.25, -0.2) is 21.2 Å². The number of sulfonamides is 1. The van der Waals surface area contributed by atoms with Gasteiger partial charge in [0.05, 0.1) is 23.3 Å². The summed E-state index contributed by atoms with van der Waals surface area (Å²) in [6.07, 6.45) is 0. The van der Waals surface area contributed by atoms with Crippen LogP contribution in [0.1, 0.15) is 5.56 Å². The van der Waals surface area contributed by atoms with E-state index in [1.54, 1.807) is 6.07 Å². The Bertz CT molecular complexity index is 1300. The van der Waals surface area contributed by atoms with Crippen LogP contribution in [0.4, 0.5) is 4.39 Å². The second-order valence-electron chi connectivity index (χ2n) is 6.92. The minimum atomic E-state index is -4.66. The molecule has 2 atom stereocenters. The van der Waals surface area contributed by atoms with Crippen molar-refractivity contribution in [1.29, 1.82) is 5.26 Å². The van der Waals surface area contributed by atoms with Crippen LogP contribution < -0.4 is 0 Å². The summed E-state index contributed by atoms with van der Waals surface area (Å²) < 4.78 is 67.3. The number of sulfone groups is 1. The molecule has 0 saturated carbocycles. The summed E-state index contributed by atoms with van der Waals surface area (Å²) in [4.78, 5) is -1.20. The van der Waals surface area contributed by atoms with E-state index in [0.717, 1.165) is 18.2 Å². The maximum Gasteiger partial charge on any atom is 0.244 e. The minimum absolute atomic E-state index is 0.123. The number of rotatable bonds is 5. The molecule has 2 N–H and O–H groups in total. The molecule has 0 amide bonds. The molecule has 0 spiro atoms. The molecule has 0 aromatic heterocycles. The van der Waals surface area contributed by atoms with Crippen LogP contribution in [0.2, 0.25) is 10.0 Å². The van der Waals surface area contributed by atoms with Crippen LogP contribution in [0.3, 0.4) is 0 Å². The van der Waals surface area contributed by atoms with Crippen molar-refractivity contribution in [3.63, 3.8) is 0 Å². The average Bonchev–Trinajstić information content (AvgIpc) is 3.07. The summed E-state index contributed by atoms with van der Waals surface area (Å²) in [5, 5.41) is 27.4. The normalized spacial score (nSPS) is 22.4. The predicted octanol–water partition coefficient (Wildman–Crippen LogP) is 1.57. The van der Waals surface area contributed by atoms with Gasteiger partial charge in [0.2, 0.25) is 10.0 Å². The number of benzene rings is 2. The van der Waals surface area contributed by atoms with Gasteiger partial charge in [-0.2, -0.15) is 9.57 Å². The fourth-order valence-corrected chi connectivity index (χ4v) is 7.68. The molecule has 0 aliphatic carbocycles. The van der Waals surface area contributed by atoms with E-state index in [0.29, 0.717) is 10.4 Å². The highest BCUT2D eigenvalue weighted by molar-refractivity contribution is 7.92. The summed E-state index contributed by atoms with van der Waals surface area (Å²) in [6, 6.07) is 7.89. The van der Waals surface area contributed by atoms with Crippen molar-refractivity contribution in [3.8, 4) is 6.07 Å². The first-order valence-electron chi connectivity index (χ1n) is 8.59. The number of nitrogens with zero attached hydrogens (tertiary/aromatic N) is 2. The van der Waals surface area contributed by atoms with Gasteiger partial charge < -0.3 is 10.2 Å². The van der Waals surface area contributed by atoms with Crippen molar-refractivity contribution in [1.82, 2.24) is 4.31 Å². The molecule has 31 heavy (non-hydrogen) atoms. The fourth-order valence-electron chi connectivity index (χ4n) is 3.33. The summed E-state index contributed by atoms with van der Waals surface area (Å²) in [5.74, 6) is -1.23. The van der Waals surface area contributed by atoms with E-state index in [2.05, 4.69) is 0 Å². The van der Waals surface area contributed by atoms with Crippen LogP contribution in [-0.4, -0.2) is 61.9 Å². The van der Waals surface area contributed by atoms with Crippen molar-refractivity contribution < 1.29 is 31.4 Å². The molecule has 1 aliphatic heterocycles. The number of aliphatic hydroxyl groups is 2. The van der Waals surface area contributed by atoms with E-state index in [1.165, 1.54) is 12.1 Å². The lowest BCUT2D eigenvalue weighted by molar-refractivity contribution is 0.00157. The number of β-amino-alcohol motifs (C(OH)–C–C–N with tert-alkyl or cyclic N) is 1. The molecule has 13 heteroatoms. The first-order chi connectivity index (χ1) is 14.4. The second-order valence-corrected chi connectivity index (χ2v) is 11.8. The Morgan fingerprint density at radius 2 is 1.81 bits per heavy atom. The molecular weight excluding hydrogens is 494 g/mol. The second kappa shape index (κ2) is 8.29. The molecule has 2 aromatic rings. The molecule has 0 bridgehead atoms. The molecular formula is C18H15Cl2FN2O6S2. The lowest BCUT2D eigenvalue weighted by Crippen LogP contribution is -2.49. The van der Waals surface area contributed by atoms with Crippen molar-refractivity contribution in [2.45, 2.75) is 20.6 Å². The Balaban J connectivity index is 2.06. The number of hydrogen-bond donors (Lipinski definition) is 2. The van der Waals surface area contributed by atoms with Crippen LogP contribution in [0, 0.1) is 17.1 Å². The topological polar surface area (TPSA) is 136 Å². The van der Waals surface area contributed by atoms with E-state index in [9.17, 15) is 31.4 Å². The van der Waals surface area contributed by atoms with Crippen LogP contribution in [0.5, 0.6) is 0 Å². The number of aliphatic hydroxyl groups excluding tert-OH is 1. The van der Waals surface area contributed by atoms with Gasteiger partial charge in [-0.1, -0.05) is 23.2 Å². The van der Waals surface area contributed by atoms with Crippen molar-refractivity contribution >= 4 is 43.1 Å². The Morgan fingerprint density at radius 1 is 1.16 bits per heavy atom. The fraction of sp³-hybridized carbons (Fsp3) is 0.278. The third-order valence-electron chi connectivity index (χ3n) is 4.95. The molecule has 1 heterocycles. The zero-order valence-corrected chi connectivity index (χ0v) is 18.7. The highest BCUT2D eigenvalue weighted by Crippen LogP contribution is 2.37. The molecule has 1 aliphatic rings. The molecule has 3 rings (SSSR count). The van der Waals surface area contributed by atoms with E-state index < -0.39 is 61.1 Å². The van der Waals surface area contributed by atoms with Gasteiger partial charge in [-0.3, -0.25) is 0 Å². The van der Waals surface area contributed by atoms with Gasteiger partial charge in [0.15, 0.2) is 9.84 Å². The third kappa shape index (κ3) is 4.17.